The highest BCUT2D eigenvalue weighted by Gasteiger charge is 2.07. The number of hydrogen-bond donors (Lipinski definition) is 2. The molecule has 2 N–H and O–H groups in total. The van der Waals surface area contributed by atoms with Gasteiger partial charge in [0.2, 0.25) is 0 Å². The zero-order valence-corrected chi connectivity index (χ0v) is 13.0. The van der Waals surface area contributed by atoms with Crippen LogP contribution < -0.4 is 9.47 Å². The number of aromatic hydroxyl groups is 1. The number of aliphatic hydroxyl groups is 1. The highest BCUT2D eigenvalue weighted by Crippen LogP contribution is 2.29. The van der Waals surface area contributed by atoms with E-state index in [9.17, 15) is 5.11 Å². The van der Waals surface area contributed by atoms with E-state index < -0.39 is 0 Å². The van der Waals surface area contributed by atoms with Crippen molar-refractivity contribution in [2.24, 2.45) is 0 Å². The maximum absolute atomic E-state index is 9.74. The number of hydrogen-bond acceptors (Lipinski definition) is 4. The molecule has 2 rings (SSSR count). The van der Waals surface area contributed by atoms with E-state index in [0.717, 1.165) is 18.4 Å². The molecule has 2 aromatic rings. The summed E-state index contributed by atoms with van der Waals surface area (Å²) in [7, 11) is 1.62. The van der Waals surface area contributed by atoms with Gasteiger partial charge in [0.05, 0.1) is 13.7 Å². The molecular formula is C18H22O4. The molecule has 0 saturated carbocycles. The fourth-order valence-corrected chi connectivity index (χ4v) is 2.27. The average Bonchev–Trinajstić information content (AvgIpc) is 2.54. The van der Waals surface area contributed by atoms with E-state index in [2.05, 4.69) is 6.92 Å². The smallest absolute Gasteiger partial charge is 0.161 e. The Bertz CT molecular complexity index is 622. The van der Waals surface area contributed by atoms with E-state index in [4.69, 9.17) is 14.6 Å². The molecule has 0 aromatic heterocycles. The third kappa shape index (κ3) is 3.92. The van der Waals surface area contributed by atoms with Crippen molar-refractivity contribution in [2.45, 2.75) is 33.0 Å². The third-order valence-corrected chi connectivity index (χ3v) is 3.48. The van der Waals surface area contributed by atoms with E-state index in [1.165, 1.54) is 5.56 Å². The van der Waals surface area contributed by atoms with Crippen LogP contribution in [0.4, 0.5) is 0 Å². The first-order chi connectivity index (χ1) is 10.7. The molecular weight excluding hydrogens is 280 g/mol. The lowest BCUT2D eigenvalue weighted by atomic mass is 10.1. The van der Waals surface area contributed by atoms with Gasteiger partial charge in [0.15, 0.2) is 11.5 Å². The summed E-state index contributed by atoms with van der Waals surface area (Å²) in [6.45, 7) is 2.28. The largest absolute Gasteiger partial charge is 0.508 e. The third-order valence-electron chi connectivity index (χ3n) is 3.48. The van der Waals surface area contributed by atoms with Crippen LogP contribution in [0, 0.1) is 0 Å². The van der Waals surface area contributed by atoms with E-state index in [1.807, 2.05) is 24.3 Å². The fraction of sp³-hybridized carbons (Fsp3) is 0.333. The van der Waals surface area contributed by atoms with Crippen LogP contribution in [-0.2, 0) is 19.6 Å². The summed E-state index contributed by atoms with van der Waals surface area (Å²) >= 11 is 0. The maximum Gasteiger partial charge on any atom is 0.161 e. The Balaban J connectivity index is 2.09. The Morgan fingerprint density at radius 3 is 2.41 bits per heavy atom. The molecule has 0 amide bonds. The van der Waals surface area contributed by atoms with Crippen LogP contribution >= 0.6 is 0 Å². The normalized spacial score (nSPS) is 10.5. The van der Waals surface area contributed by atoms with Crippen LogP contribution in [0.15, 0.2) is 36.4 Å². The molecule has 0 spiro atoms. The number of rotatable bonds is 7. The molecule has 0 unspecified atom stereocenters. The van der Waals surface area contributed by atoms with Crippen molar-refractivity contribution in [3.63, 3.8) is 0 Å². The van der Waals surface area contributed by atoms with Crippen LogP contribution in [0.3, 0.4) is 0 Å². The molecule has 0 fully saturated rings. The lowest BCUT2D eigenvalue weighted by molar-refractivity contribution is 0.273. The van der Waals surface area contributed by atoms with Gasteiger partial charge in [-0.1, -0.05) is 31.5 Å². The SMILES string of the molecule is CCCc1ccc(OCc2ccc(CO)c(O)c2)c(OC)c1. The lowest BCUT2D eigenvalue weighted by Crippen LogP contribution is -1.99. The van der Waals surface area contributed by atoms with Crippen molar-refractivity contribution in [3.05, 3.63) is 53.1 Å². The molecule has 0 radical (unpaired) electrons. The summed E-state index contributed by atoms with van der Waals surface area (Å²) < 4.78 is 11.2. The molecule has 0 saturated heterocycles. The van der Waals surface area contributed by atoms with Gasteiger partial charge in [-0.05, 0) is 35.7 Å². The van der Waals surface area contributed by atoms with Crippen molar-refractivity contribution < 1.29 is 19.7 Å². The molecule has 0 aliphatic carbocycles. The molecule has 0 aliphatic rings. The highest BCUT2D eigenvalue weighted by molar-refractivity contribution is 5.43. The first kappa shape index (κ1) is 16.2. The van der Waals surface area contributed by atoms with Crippen LogP contribution in [0.25, 0.3) is 0 Å². The molecule has 22 heavy (non-hydrogen) atoms. The van der Waals surface area contributed by atoms with Gasteiger partial charge in [-0.3, -0.25) is 0 Å². The van der Waals surface area contributed by atoms with Gasteiger partial charge in [0.1, 0.15) is 12.4 Å². The first-order valence-corrected chi connectivity index (χ1v) is 7.39. The summed E-state index contributed by atoms with van der Waals surface area (Å²) in [6, 6.07) is 11.0. The van der Waals surface area contributed by atoms with Gasteiger partial charge in [-0.2, -0.15) is 0 Å². The zero-order chi connectivity index (χ0) is 15.9. The molecule has 0 heterocycles. The minimum atomic E-state index is -0.181. The highest BCUT2D eigenvalue weighted by atomic mass is 16.5. The predicted molar refractivity (Wildman–Crippen MR) is 85.4 cm³/mol. The summed E-state index contributed by atoms with van der Waals surface area (Å²) in [5.74, 6) is 1.46. The molecule has 118 valence electrons. The molecule has 4 heteroatoms. The fourth-order valence-electron chi connectivity index (χ4n) is 2.27. The molecule has 2 aromatic carbocycles. The topological polar surface area (TPSA) is 58.9 Å². The van der Waals surface area contributed by atoms with Crippen LogP contribution in [0.5, 0.6) is 17.2 Å². The Morgan fingerprint density at radius 1 is 1.00 bits per heavy atom. The van der Waals surface area contributed by atoms with Gasteiger partial charge < -0.3 is 19.7 Å². The van der Waals surface area contributed by atoms with Crippen molar-refractivity contribution in [3.8, 4) is 17.2 Å². The second kappa shape index (κ2) is 7.71. The number of benzene rings is 2. The molecule has 0 atom stereocenters. The Kier molecular flexibility index (Phi) is 5.67. The number of methoxy groups -OCH3 is 1. The second-order valence-corrected chi connectivity index (χ2v) is 5.15. The molecule has 0 bridgehead atoms. The summed E-state index contributed by atoms with van der Waals surface area (Å²) in [4.78, 5) is 0. The number of aliphatic hydroxyl groups excluding tert-OH is 1. The van der Waals surface area contributed by atoms with E-state index in [1.54, 1.807) is 19.2 Å². The standard InChI is InChI=1S/C18H22O4/c1-3-4-13-6-8-17(18(10-13)21-2)22-12-14-5-7-15(11-19)16(20)9-14/h5-10,19-20H,3-4,11-12H2,1-2H3. The Hall–Kier alpha value is -2.20. The molecule has 4 nitrogen and oxygen atoms in total. The van der Waals surface area contributed by atoms with Crippen LogP contribution in [-0.4, -0.2) is 17.3 Å². The lowest BCUT2D eigenvalue weighted by Gasteiger charge is -2.12. The van der Waals surface area contributed by atoms with Gasteiger partial charge >= 0.3 is 0 Å². The van der Waals surface area contributed by atoms with Gasteiger partial charge in [-0.15, -0.1) is 0 Å². The number of aryl methyl sites for hydroxylation is 1. The number of ether oxygens (including phenoxy) is 2. The minimum Gasteiger partial charge on any atom is -0.508 e. The van der Waals surface area contributed by atoms with Crippen molar-refractivity contribution in [2.75, 3.05) is 7.11 Å². The summed E-state index contributed by atoms with van der Waals surface area (Å²) in [6.07, 6.45) is 2.09. The number of phenols is 1. The quantitative estimate of drug-likeness (QED) is 0.822. The summed E-state index contributed by atoms with van der Waals surface area (Å²) in [5, 5.41) is 18.8. The van der Waals surface area contributed by atoms with Crippen molar-refractivity contribution in [1.29, 1.82) is 0 Å². The maximum atomic E-state index is 9.74. The zero-order valence-electron chi connectivity index (χ0n) is 13.0. The predicted octanol–water partition coefficient (Wildman–Crippen LogP) is 3.42. The Morgan fingerprint density at radius 2 is 1.77 bits per heavy atom. The van der Waals surface area contributed by atoms with E-state index in [0.29, 0.717) is 23.7 Å². The van der Waals surface area contributed by atoms with Crippen LogP contribution in [0.2, 0.25) is 0 Å². The van der Waals surface area contributed by atoms with Gasteiger partial charge in [0, 0.05) is 5.56 Å². The first-order valence-electron chi connectivity index (χ1n) is 7.39. The van der Waals surface area contributed by atoms with Crippen LogP contribution in [0.1, 0.15) is 30.0 Å². The summed E-state index contributed by atoms with van der Waals surface area (Å²) in [5.41, 5.74) is 2.55. The van der Waals surface area contributed by atoms with Gasteiger partial charge in [-0.25, -0.2) is 0 Å². The molecule has 0 aliphatic heterocycles. The minimum absolute atomic E-state index is 0.0776. The van der Waals surface area contributed by atoms with E-state index >= 15 is 0 Å². The van der Waals surface area contributed by atoms with E-state index in [-0.39, 0.29) is 12.4 Å². The van der Waals surface area contributed by atoms with Crippen molar-refractivity contribution in [1.82, 2.24) is 0 Å². The Labute approximate surface area is 130 Å². The second-order valence-electron chi connectivity index (χ2n) is 5.15. The average molecular weight is 302 g/mol. The monoisotopic (exact) mass is 302 g/mol. The van der Waals surface area contributed by atoms with Crippen molar-refractivity contribution >= 4 is 0 Å². The van der Waals surface area contributed by atoms with Gasteiger partial charge in [0.25, 0.3) is 0 Å².